The van der Waals surface area contributed by atoms with Gasteiger partial charge in [0.05, 0.1) is 17.3 Å². The predicted octanol–water partition coefficient (Wildman–Crippen LogP) is 1.04. The lowest BCUT2D eigenvalue weighted by Crippen LogP contribution is -2.30. The first-order chi connectivity index (χ1) is 9.29. The van der Waals surface area contributed by atoms with Crippen LogP contribution in [-0.2, 0) is 13.5 Å². The van der Waals surface area contributed by atoms with Crippen LogP contribution in [0.25, 0.3) is 10.9 Å². The van der Waals surface area contributed by atoms with Gasteiger partial charge in [-0.2, -0.15) is 5.10 Å². The van der Waals surface area contributed by atoms with Crippen LogP contribution >= 0.6 is 0 Å². The van der Waals surface area contributed by atoms with Crippen LogP contribution in [0.4, 0.5) is 0 Å². The molecule has 0 amide bonds. The van der Waals surface area contributed by atoms with Crippen molar-refractivity contribution >= 4 is 10.9 Å². The van der Waals surface area contributed by atoms with E-state index < -0.39 is 0 Å². The van der Waals surface area contributed by atoms with Gasteiger partial charge in [0.25, 0.3) is 0 Å². The number of nitrogens with two attached hydrogens (primary N) is 1. The highest BCUT2D eigenvalue weighted by Gasteiger charge is 2.17. The topological polar surface area (TPSA) is 84.6 Å². The van der Waals surface area contributed by atoms with Gasteiger partial charge in [-0.3, -0.25) is 10.5 Å². The third kappa shape index (κ3) is 2.11. The molecular weight excluding hydrogens is 240 g/mol. The molecule has 0 radical (unpaired) electrons. The van der Waals surface area contributed by atoms with Crippen molar-refractivity contribution < 1.29 is 0 Å². The number of nitrogens with one attached hydrogen (secondary N) is 2. The Morgan fingerprint density at radius 2 is 2.26 bits per heavy atom. The Balaban J connectivity index is 1.97. The number of para-hydroxylation sites is 1. The number of hydrogen-bond donors (Lipinski definition) is 3. The summed E-state index contributed by atoms with van der Waals surface area (Å²) in [4.78, 5) is 7.31. The van der Waals surface area contributed by atoms with Crippen molar-refractivity contribution in [2.24, 2.45) is 12.9 Å². The van der Waals surface area contributed by atoms with E-state index in [0.717, 1.165) is 22.4 Å². The van der Waals surface area contributed by atoms with Crippen LogP contribution in [0.5, 0.6) is 0 Å². The molecule has 6 heteroatoms. The number of H-pyrrole nitrogens is 1. The van der Waals surface area contributed by atoms with Gasteiger partial charge in [-0.25, -0.2) is 10.4 Å². The normalized spacial score (nSPS) is 12.9. The van der Waals surface area contributed by atoms with Crippen molar-refractivity contribution in [3.63, 3.8) is 0 Å². The van der Waals surface area contributed by atoms with E-state index in [1.54, 1.807) is 12.4 Å². The Kier molecular flexibility index (Phi) is 3.02. The molecule has 1 atom stereocenters. The van der Waals surface area contributed by atoms with E-state index >= 15 is 0 Å². The average molecular weight is 256 g/mol. The summed E-state index contributed by atoms with van der Waals surface area (Å²) >= 11 is 0. The second-order valence-corrected chi connectivity index (χ2v) is 4.49. The number of aryl methyl sites for hydroxylation is 1. The second kappa shape index (κ2) is 4.83. The molecular formula is C13H16N6. The summed E-state index contributed by atoms with van der Waals surface area (Å²) < 4.78 is 1.89. The fourth-order valence-corrected chi connectivity index (χ4v) is 2.34. The van der Waals surface area contributed by atoms with E-state index in [-0.39, 0.29) is 6.04 Å². The zero-order valence-electron chi connectivity index (χ0n) is 10.7. The number of rotatable bonds is 4. The number of hydrazine groups is 1. The first kappa shape index (κ1) is 11.9. The highest BCUT2D eigenvalue weighted by molar-refractivity contribution is 5.81. The maximum atomic E-state index is 5.62. The maximum Gasteiger partial charge on any atom is 0.124 e. The van der Waals surface area contributed by atoms with E-state index in [9.17, 15) is 0 Å². The Hall–Kier alpha value is -2.18. The van der Waals surface area contributed by atoms with E-state index in [1.165, 1.54) is 0 Å². The minimum atomic E-state index is -0.0756. The standard InChI is InChI=1S/C13H16N6/c1-19-12-5-3-2-4-9(12)10(18-19)8-11(17-14)13-15-6-7-16-13/h2-7,11,17H,8,14H2,1H3,(H,15,16). The number of hydrogen-bond acceptors (Lipinski definition) is 4. The van der Waals surface area contributed by atoms with Crippen molar-refractivity contribution in [3.05, 3.63) is 48.2 Å². The van der Waals surface area contributed by atoms with Crippen LogP contribution in [0.1, 0.15) is 17.6 Å². The zero-order chi connectivity index (χ0) is 13.2. The summed E-state index contributed by atoms with van der Waals surface area (Å²) in [6.45, 7) is 0. The Morgan fingerprint density at radius 1 is 1.42 bits per heavy atom. The van der Waals surface area contributed by atoms with Gasteiger partial charge in [-0.05, 0) is 6.07 Å². The Bertz CT molecular complexity index is 670. The number of benzene rings is 1. The minimum Gasteiger partial charge on any atom is -0.347 e. The van der Waals surface area contributed by atoms with Gasteiger partial charge < -0.3 is 4.98 Å². The van der Waals surface area contributed by atoms with Crippen molar-refractivity contribution in [1.29, 1.82) is 0 Å². The lowest BCUT2D eigenvalue weighted by Gasteiger charge is -2.11. The van der Waals surface area contributed by atoms with Gasteiger partial charge in [0.2, 0.25) is 0 Å². The second-order valence-electron chi connectivity index (χ2n) is 4.49. The molecule has 0 aliphatic heterocycles. The van der Waals surface area contributed by atoms with Gasteiger partial charge >= 0.3 is 0 Å². The lowest BCUT2D eigenvalue weighted by molar-refractivity contribution is 0.520. The molecule has 0 bridgehead atoms. The van der Waals surface area contributed by atoms with Crippen LogP contribution in [-0.4, -0.2) is 19.7 Å². The maximum absolute atomic E-state index is 5.62. The molecule has 1 aromatic carbocycles. The molecule has 0 spiro atoms. The molecule has 0 saturated carbocycles. The lowest BCUT2D eigenvalue weighted by atomic mass is 10.1. The summed E-state index contributed by atoms with van der Waals surface area (Å²) in [5.74, 6) is 6.43. The molecule has 0 fully saturated rings. The molecule has 19 heavy (non-hydrogen) atoms. The number of nitrogens with zero attached hydrogens (tertiary/aromatic N) is 3. The van der Waals surface area contributed by atoms with Gasteiger partial charge in [-0.1, -0.05) is 18.2 Å². The van der Waals surface area contributed by atoms with E-state index in [2.05, 4.69) is 32.6 Å². The summed E-state index contributed by atoms with van der Waals surface area (Å²) in [7, 11) is 1.95. The fourth-order valence-electron chi connectivity index (χ4n) is 2.34. The van der Waals surface area contributed by atoms with Gasteiger partial charge in [0, 0.05) is 31.2 Å². The zero-order valence-corrected chi connectivity index (χ0v) is 10.7. The first-order valence-electron chi connectivity index (χ1n) is 6.15. The molecule has 4 N–H and O–H groups in total. The Labute approximate surface area is 110 Å². The van der Waals surface area contributed by atoms with Crippen molar-refractivity contribution in [3.8, 4) is 0 Å². The SMILES string of the molecule is Cn1nc(CC(NN)c2ncc[nH]2)c2ccccc21. The van der Waals surface area contributed by atoms with E-state index in [0.29, 0.717) is 6.42 Å². The number of aromatic amines is 1. The molecule has 3 rings (SSSR count). The van der Waals surface area contributed by atoms with Crippen LogP contribution in [0, 0.1) is 0 Å². The highest BCUT2D eigenvalue weighted by atomic mass is 15.3. The molecule has 0 saturated heterocycles. The van der Waals surface area contributed by atoms with Crippen molar-refractivity contribution in [2.75, 3.05) is 0 Å². The minimum absolute atomic E-state index is 0.0756. The molecule has 1 unspecified atom stereocenters. The molecule has 2 aromatic heterocycles. The molecule has 0 aliphatic rings. The third-order valence-corrected chi connectivity index (χ3v) is 3.28. The van der Waals surface area contributed by atoms with Gasteiger partial charge in [-0.15, -0.1) is 0 Å². The van der Waals surface area contributed by atoms with Crippen molar-refractivity contribution in [1.82, 2.24) is 25.2 Å². The van der Waals surface area contributed by atoms with E-state index in [4.69, 9.17) is 5.84 Å². The predicted molar refractivity (Wildman–Crippen MR) is 73.1 cm³/mol. The molecule has 98 valence electrons. The summed E-state index contributed by atoms with van der Waals surface area (Å²) in [6, 6.07) is 8.09. The van der Waals surface area contributed by atoms with Crippen LogP contribution in [0.15, 0.2) is 36.7 Å². The van der Waals surface area contributed by atoms with Crippen LogP contribution < -0.4 is 11.3 Å². The molecule has 6 nitrogen and oxygen atoms in total. The molecule has 3 aromatic rings. The molecule has 2 heterocycles. The monoisotopic (exact) mass is 256 g/mol. The molecule has 0 aliphatic carbocycles. The third-order valence-electron chi connectivity index (χ3n) is 3.28. The number of aromatic nitrogens is 4. The quantitative estimate of drug-likeness (QED) is 0.481. The van der Waals surface area contributed by atoms with Gasteiger partial charge in [0.1, 0.15) is 5.82 Å². The number of fused-ring (bicyclic) bond motifs is 1. The largest absolute Gasteiger partial charge is 0.347 e. The number of imidazole rings is 1. The summed E-state index contributed by atoms with van der Waals surface area (Å²) in [5.41, 5.74) is 4.91. The van der Waals surface area contributed by atoms with Crippen LogP contribution in [0.3, 0.4) is 0 Å². The summed E-state index contributed by atoms with van der Waals surface area (Å²) in [5, 5.41) is 5.72. The fraction of sp³-hybridized carbons (Fsp3) is 0.231. The summed E-state index contributed by atoms with van der Waals surface area (Å²) in [6.07, 6.45) is 4.19. The Morgan fingerprint density at radius 3 is 3.00 bits per heavy atom. The van der Waals surface area contributed by atoms with E-state index in [1.807, 2.05) is 23.9 Å². The highest BCUT2D eigenvalue weighted by Crippen LogP contribution is 2.21. The first-order valence-corrected chi connectivity index (χ1v) is 6.15. The van der Waals surface area contributed by atoms with Crippen molar-refractivity contribution in [2.45, 2.75) is 12.5 Å². The average Bonchev–Trinajstić information content (AvgIpc) is 3.06. The van der Waals surface area contributed by atoms with Gasteiger partial charge in [0.15, 0.2) is 0 Å². The van der Waals surface area contributed by atoms with Crippen LogP contribution in [0.2, 0.25) is 0 Å². The smallest absolute Gasteiger partial charge is 0.124 e.